The highest BCUT2D eigenvalue weighted by Crippen LogP contribution is 2.64. The van der Waals surface area contributed by atoms with E-state index in [1.165, 1.54) is 12.1 Å². The maximum atomic E-state index is 15.0. The number of hydrogen-bond acceptors (Lipinski definition) is 8. The van der Waals surface area contributed by atoms with Crippen molar-refractivity contribution < 1.29 is 33.8 Å². The SMILES string of the molecule is COC(=O)N1C(=O)[C@H]2[C@H](CC=C3[C@H]2C[C@H]2C(=O)N(Nc4ccc(C)cc4)C(=O)[C@@]2(c2ccccc2)[C@H]3c2ccc(O)cc2Cl)C1=O. The monoisotopic (exact) mass is 639 g/mol. The molecule has 46 heavy (non-hydrogen) atoms. The molecule has 0 radical (unpaired) electrons. The summed E-state index contributed by atoms with van der Waals surface area (Å²) in [4.78, 5) is 69.9. The molecule has 11 heteroatoms. The predicted octanol–water partition coefficient (Wildman–Crippen LogP) is 5.11. The number of carbonyl (C=O) groups excluding carboxylic acids is 5. The van der Waals surface area contributed by atoms with Crippen LogP contribution in [-0.2, 0) is 29.3 Å². The number of carbonyl (C=O) groups is 5. The Hall–Kier alpha value is -4.96. The van der Waals surface area contributed by atoms with Gasteiger partial charge in [-0.05, 0) is 61.1 Å². The summed E-state index contributed by atoms with van der Waals surface area (Å²) in [5, 5.41) is 11.5. The minimum absolute atomic E-state index is 0.0682. The molecule has 10 nitrogen and oxygen atoms in total. The zero-order chi connectivity index (χ0) is 32.5. The Morgan fingerprint density at radius 1 is 0.957 bits per heavy atom. The number of methoxy groups -OCH3 is 1. The minimum atomic E-state index is -1.50. The van der Waals surface area contributed by atoms with Crippen molar-refractivity contribution in [3.63, 3.8) is 0 Å². The van der Waals surface area contributed by atoms with Gasteiger partial charge in [-0.2, -0.15) is 9.91 Å². The largest absolute Gasteiger partial charge is 0.508 e. The number of nitrogens with zero attached hydrogens (tertiary/aromatic N) is 2. The number of allylic oxidation sites excluding steroid dienone is 2. The summed E-state index contributed by atoms with van der Waals surface area (Å²) in [6, 6.07) is 20.8. The molecule has 2 aliphatic heterocycles. The van der Waals surface area contributed by atoms with Gasteiger partial charge in [0.15, 0.2) is 0 Å². The molecule has 3 fully saturated rings. The first kappa shape index (κ1) is 29.7. The van der Waals surface area contributed by atoms with E-state index in [4.69, 9.17) is 16.3 Å². The van der Waals surface area contributed by atoms with Crippen molar-refractivity contribution in [3.05, 3.63) is 106 Å². The lowest BCUT2D eigenvalue weighted by atomic mass is 9.49. The van der Waals surface area contributed by atoms with Crippen LogP contribution >= 0.6 is 11.6 Å². The molecule has 3 aromatic carbocycles. The van der Waals surface area contributed by atoms with Crippen molar-refractivity contribution in [1.29, 1.82) is 0 Å². The molecule has 3 aromatic rings. The van der Waals surface area contributed by atoms with Crippen molar-refractivity contribution in [3.8, 4) is 5.75 Å². The summed E-state index contributed by atoms with van der Waals surface area (Å²) in [7, 11) is 1.10. The molecule has 234 valence electrons. The van der Waals surface area contributed by atoms with Crippen molar-refractivity contribution >= 4 is 47.0 Å². The quantitative estimate of drug-likeness (QED) is 0.297. The zero-order valence-corrected chi connectivity index (χ0v) is 25.7. The van der Waals surface area contributed by atoms with E-state index in [2.05, 4.69) is 5.43 Å². The number of ether oxygens (including phenoxy) is 1. The van der Waals surface area contributed by atoms with E-state index in [0.717, 1.165) is 17.7 Å². The molecule has 0 bridgehead atoms. The molecule has 4 aliphatic rings. The number of anilines is 1. The van der Waals surface area contributed by atoms with Gasteiger partial charge >= 0.3 is 6.09 Å². The van der Waals surface area contributed by atoms with Gasteiger partial charge in [0.25, 0.3) is 11.8 Å². The number of phenolic OH excluding ortho intramolecular Hbond substituents is 1. The second kappa shape index (κ2) is 10.8. The third-order valence-electron chi connectivity index (χ3n) is 10.0. The first-order chi connectivity index (χ1) is 22.1. The molecule has 2 aliphatic carbocycles. The van der Waals surface area contributed by atoms with Crippen LogP contribution in [0.25, 0.3) is 0 Å². The molecule has 6 atom stereocenters. The van der Waals surface area contributed by atoms with Gasteiger partial charge in [-0.15, -0.1) is 0 Å². The Bertz CT molecular complexity index is 1840. The Morgan fingerprint density at radius 2 is 1.67 bits per heavy atom. The lowest BCUT2D eigenvalue weighted by Crippen LogP contribution is -2.53. The lowest BCUT2D eigenvalue weighted by molar-refractivity contribution is -0.140. The first-order valence-corrected chi connectivity index (χ1v) is 15.4. The molecule has 0 aromatic heterocycles. The number of fused-ring (bicyclic) bond motifs is 4. The van der Waals surface area contributed by atoms with E-state index >= 15 is 4.79 Å². The summed E-state index contributed by atoms with van der Waals surface area (Å²) in [5.41, 5.74) is 4.84. The molecule has 0 unspecified atom stereocenters. The van der Waals surface area contributed by atoms with Gasteiger partial charge in [0.1, 0.15) is 5.75 Å². The molecule has 1 saturated carbocycles. The fourth-order valence-corrected chi connectivity index (χ4v) is 8.40. The molecule has 2 heterocycles. The second-order valence-corrected chi connectivity index (χ2v) is 12.7. The van der Waals surface area contributed by atoms with Crippen LogP contribution in [-0.4, -0.2) is 51.8 Å². The number of aromatic hydroxyl groups is 1. The van der Waals surface area contributed by atoms with Crippen LogP contribution in [0.4, 0.5) is 10.5 Å². The summed E-state index contributed by atoms with van der Waals surface area (Å²) >= 11 is 6.84. The summed E-state index contributed by atoms with van der Waals surface area (Å²) < 4.78 is 4.76. The Labute approximate surface area is 269 Å². The maximum Gasteiger partial charge on any atom is 0.423 e. The minimum Gasteiger partial charge on any atom is -0.508 e. The van der Waals surface area contributed by atoms with Gasteiger partial charge in [-0.1, -0.05) is 77.3 Å². The van der Waals surface area contributed by atoms with Gasteiger partial charge in [0.05, 0.1) is 36.0 Å². The molecular weight excluding hydrogens is 610 g/mol. The Balaban J connectivity index is 1.45. The number of rotatable bonds is 4. The number of phenols is 1. The van der Waals surface area contributed by atoms with E-state index in [9.17, 15) is 24.3 Å². The fourth-order valence-electron chi connectivity index (χ4n) is 8.11. The number of nitrogens with one attached hydrogen (secondary N) is 1. The third kappa shape index (κ3) is 4.12. The number of imide groups is 4. The highest BCUT2D eigenvalue weighted by Gasteiger charge is 2.70. The van der Waals surface area contributed by atoms with Crippen LogP contribution in [0, 0.1) is 30.6 Å². The molecule has 5 amide bonds. The van der Waals surface area contributed by atoms with Gasteiger partial charge in [0.2, 0.25) is 11.8 Å². The fraction of sp³-hybridized carbons (Fsp3) is 0.286. The first-order valence-electron chi connectivity index (χ1n) is 15.0. The molecule has 0 spiro atoms. The van der Waals surface area contributed by atoms with E-state index < -0.39 is 64.7 Å². The van der Waals surface area contributed by atoms with E-state index in [-0.39, 0.29) is 23.6 Å². The normalized spacial score (nSPS) is 28.4. The lowest BCUT2D eigenvalue weighted by Gasteiger charge is -2.50. The Kier molecular flexibility index (Phi) is 7.01. The van der Waals surface area contributed by atoms with E-state index in [1.54, 1.807) is 30.3 Å². The van der Waals surface area contributed by atoms with E-state index in [0.29, 0.717) is 27.3 Å². The van der Waals surface area contributed by atoms with Gasteiger partial charge in [-0.25, -0.2) is 4.79 Å². The number of aryl methyl sites for hydroxylation is 1. The van der Waals surface area contributed by atoms with Crippen LogP contribution < -0.4 is 5.43 Å². The van der Waals surface area contributed by atoms with Crippen molar-refractivity contribution in [2.75, 3.05) is 12.5 Å². The average Bonchev–Trinajstić information content (AvgIpc) is 3.43. The van der Waals surface area contributed by atoms with Crippen LogP contribution in [0.5, 0.6) is 5.75 Å². The smallest absolute Gasteiger partial charge is 0.423 e. The number of hydrogen-bond donors (Lipinski definition) is 2. The van der Waals surface area contributed by atoms with Gasteiger partial charge in [0, 0.05) is 10.9 Å². The predicted molar refractivity (Wildman–Crippen MR) is 166 cm³/mol. The van der Waals surface area contributed by atoms with Crippen LogP contribution in [0.15, 0.2) is 84.4 Å². The zero-order valence-electron chi connectivity index (χ0n) is 25.0. The average molecular weight is 640 g/mol. The summed E-state index contributed by atoms with van der Waals surface area (Å²) in [6.07, 6.45) is 1.02. The van der Waals surface area contributed by atoms with Gasteiger partial charge < -0.3 is 9.84 Å². The molecular formula is C35H30ClN3O7. The second-order valence-electron chi connectivity index (χ2n) is 12.3. The third-order valence-corrected chi connectivity index (χ3v) is 10.4. The van der Waals surface area contributed by atoms with Crippen LogP contribution in [0.2, 0.25) is 5.02 Å². The van der Waals surface area contributed by atoms with E-state index in [1.807, 2.05) is 43.3 Å². The summed E-state index contributed by atoms with van der Waals surface area (Å²) in [5.74, 6) is -6.67. The summed E-state index contributed by atoms with van der Waals surface area (Å²) in [6.45, 7) is 1.93. The van der Waals surface area contributed by atoms with Gasteiger partial charge in [-0.3, -0.25) is 24.6 Å². The maximum absolute atomic E-state index is 15.0. The molecule has 7 rings (SSSR count). The van der Waals surface area contributed by atoms with Crippen LogP contribution in [0.1, 0.15) is 35.4 Å². The Morgan fingerprint density at radius 3 is 2.35 bits per heavy atom. The number of amides is 5. The number of hydrazine groups is 1. The number of benzene rings is 3. The standard InChI is InChI=1S/C35H30ClN3O7/c1-18-8-10-20(11-9-18)37-39-31(42)26-17-25-22(14-15-24-28(25)32(43)38(30(24)41)34(45)46-2)29(23-13-12-21(40)16-27(23)36)35(26,33(39)44)19-6-4-3-5-7-19/h3-14,16,24-26,28-29,37,40H,15,17H2,1-2H3/t24-,25+,26-,28-,29+,35+/m0/s1. The number of likely N-dealkylation sites (tertiary alicyclic amines) is 1. The highest BCUT2D eigenvalue weighted by molar-refractivity contribution is 6.31. The molecule has 2 saturated heterocycles. The topological polar surface area (TPSA) is 133 Å². The van der Waals surface area contributed by atoms with Crippen molar-refractivity contribution in [2.45, 2.75) is 31.1 Å². The van der Waals surface area contributed by atoms with Crippen molar-refractivity contribution in [2.24, 2.45) is 23.7 Å². The highest BCUT2D eigenvalue weighted by atomic mass is 35.5. The number of halogens is 1. The van der Waals surface area contributed by atoms with Crippen LogP contribution in [0.3, 0.4) is 0 Å². The molecule has 2 N–H and O–H groups in total. The van der Waals surface area contributed by atoms with Crippen molar-refractivity contribution in [1.82, 2.24) is 9.91 Å².